The predicted octanol–water partition coefficient (Wildman–Crippen LogP) is 3.89. The van der Waals surface area contributed by atoms with Gasteiger partial charge in [-0.2, -0.15) is 0 Å². The molecule has 2 rings (SSSR count). The number of hydrogen-bond donors (Lipinski definition) is 0. The lowest BCUT2D eigenvalue weighted by Gasteiger charge is -2.13. The summed E-state index contributed by atoms with van der Waals surface area (Å²) in [4.78, 5) is 28.3. The van der Waals surface area contributed by atoms with Crippen molar-refractivity contribution in [3.8, 4) is 0 Å². The van der Waals surface area contributed by atoms with Crippen LogP contribution in [-0.4, -0.2) is 22.8 Å². The molecule has 1 heterocycles. The molecule has 0 amide bonds. The Morgan fingerprint density at radius 3 is 2.45 bits per heavy atom. The fourth-order valence-corrected chi connectivity index (χ4v) is 2.30. The molecule has 0 saturated carbocycles. The lowest BCUT2D eigenvalue weighted by Crippen LogP contribution is -2.24. The topological polar surface area (TPSA) is 56.3 Å². The van der Waals surface area contributed by atoms with Crippen LogP contribution in [0.4, 0.5) is 0 Å². The van der Waals surface area contributed by atoms with E-state index in [2.05, 4.69) is 20.9 Å². The molecule has 0 bridgehead atoms. The number of Topliss-reactive ketones (excluding diaryl/α,β-unsaturated/α-hetero) is 1. The van der Waals surface area contributed by atoms with Crippen molar-refractivity contribution >= 4 is 27.7 Å². The van der Waals surface area contributed by atoms with E-state index in [-0.39, 0.29) is 5.78 Å². The molecule has 0 aliphatic rings. The van der Waals surface area contributed by atoms with Gasteiger partial charge in [0.05, 0.1) is 5.56 Å². The molecule has 2 aromatic rings. The third-order valence-electron chi connectivity index (χ3n) is 3.39. The van der Waals surface area contributed by atoms with Gasteiger partial charge in [-0.1, -0.05) is 12.1 Å². The number of hydrogen-bond acceptors (Lipinski definition) is 4. The van der Waals surface area contributed by atoms with Crippen LogP contribution in [0.2, 0.25) is 0 Å². The van der Waals surface area contributed by atoms with Crippen LogP contribution in [0.3, 0.4) is 0 Å². The van der Waals surface area contributed by atoms with E-state index in [9.17, 15) is 9.59 Å². The standard InChI is InChI=1S/C17H16BrNO3/c1-10-4-5-13(6-11(10)2)16(20)12(3)22-17(21)14-7-15(18)9-19-8-14/h4-9,12H,1-3H3/t12-/m1/s1. The van der Waals surface area contributed by atoms with Crippen molar-refractivity contribution in [2.45, 2.75) is 26.9 Å². The summed E-state index contributed by atoms with van der Waals surface area (Å²) in [5.41, 5.74) is 2.98. The highest BCUT2D eigenvalue weighted by molar-refractivity contribution is 9.10. The van der Waals surface area contributed by atoms with Crippen LogP contribution in [0.5, 0.6) is 0 Å². The third-order valence-corrected chi connectivity index (χ3v) is 3.82. The van der Waals surface area contributed by atoms with Gasteiger partial charge in [0.15, 0.2) is 6.10 Å². The zero-order valence-electron chi connectivity index (χ0n) is 12.6. The van der Waals surface area contributed by atoms with E-state index < -0.39 is 12.1 Å². The van der Waals surface area contributed by atoms with Crippen LogP contribution in [0.15, 0.2) is 41.1 Å². The maximum Gasteiger partial charge on any atom is 0.340 e. The molecule has 0 aliphatic carbocycles. The highest BCUT2D eigenvalue weighted by Gasteiger charge is 2.21. The first-order chi connectivity index (χ1) is 10.4. The van der Waals surface area contributed by atoms with E-state index in [4.69, 9.17) is 4.74 Å². The summed E-state index contributed by atoms with van der Waals surface area (Å²) < 4.78 is 5.90. The number of ether oxygens (including phenoxy) is 1. The van der Waals surface area contributed by atoms with Gasteiger partial charge in [0.2, 0.25) is 5.78 Å². The highest BCUT2D eigenvalue weighted by atomic mass is 79.9. The summed E-state index contributed by atoms with van der Waals surface area (Å²) in [7, 11) is 0. The molecular formula is C17H16BrNO3. The Labute approximate surface area is 137 Å². The number of aromatic nitrogens is 1. The fourth-order valence-electron chi connectivity index (χ4n) is 1.94. The summed E-state index contributed by atoms with van der Waals surface area (Å²) in [5, 5.41) is 0. The second-order valence-electron chi connectivity index (χ2n) is 5.10. The second-order valence-corrected chi connectivity index (χ2v) is 6.02. The van der Waals surface area contributed by atoms with Crippen LogP contribution in [-0.2, 0) is 4.74 Å². The molecule has 0 N–H and O–H groups in total. The minimum atomic E-state index is -0.853. The van der Waals surface area contributed by atoms with Crippen LogP contribution in [0.1, 0.15) is 38.8 Å². The molecule has 1 atom stereocenters. The van der Waals surface area contributed by atoms with Crippen molar-refractivity contribution in [1.82, 2.24) is 4.98 Å². The summed E-state index contributed by atoms with van der Waals surface area (Å²) in [6.45, 7) is 5.49. The quantitative estimate of drug-likeness (QED) is 0.612. The monoisotopic (exact) mass is 361 g/mol. The number of nitrogens with zero attached hydrogens (tertiary/aromatic N) is 1. The van der Waals surface area contributed by atoms with Crippen molar-refractivity contribution in [1.29, 1.82) is 0 Å². The van der Waals surface area contributed by atoms with Gasteiger partial charge in [0.1, 0.15) is 0 Å². The number of benzene rings is 1. The van der Waals surface area contributed by atoms with Gasteiger partial charge in [-0.15, -0.1) is 0 Å². The number of esters is 1. The average molecular weight is 362 g/mol. The summed E-state index contributed by atoms with van der Waals surface area (Å²) >= 11 is 3.24. The second kappa shape index (κ2) is 6.83. The van der Waals surface area contributed by atoms with Gasteiger partial charge in [-0.05, 0) is 60.0 Å². The molecule has 0 saturated heterocycles. The Hall–Kier alpha value is -2.01. The SMILES string of the molecule is Cc1ccc(C(=O)[C@@H](C)OC(=O)c2cncc(Br)c2)cc1C. The van der Waals surface area contributed by atoms with Crippen molar-refractivity contribution in [2.24, 2.45) is 0 Å². The van der Waals surface area contributed by atoms with Crippen LogP contribution in [0.25, 0.3) is 0 Å². The Kier molecular flexibility index (Phi) is 5.08. The summed E-state index contributed by atoms with van der Waals surface area (Å²) in [5.74, 6) is -0.794. The Balaban J connectivity index is 2.11. The van der Waals surface area contributed by atoms with Gasteiger partial charge in [-0.25, -0.2) is 4.79 Å². The zero-order valence-corrected chi connectivity index (χ0v) is 14.2. The minimum absolute atomic E-state index is 0.223. The molecule has 0 fully saturated rings. The minimum Gasteiger partial charge on any atom is -0.451 e. The maximum absolute atomic E-state index is 12.3. The smallest absolute Gasteiger partial charge is 0.340 e. The predicted molar refractivity (Wildman–Crippen MR) is 87.1 cm³/mol. The van der Waals surface area contributed by atoms with Gasteiger partial charge in [0, 0.05) is 22.4 Å². The van der Waals surface area contributed by atoms with E-state index in [1.807, 2.05) is 26.0 Å². The number of carbonyl (C=O) groups excluding carboxylic acids is 2. The zero-order chi connectivity index (χ0) is 16.3. The third kappa shape index (κ3) is 3.80. The normalized spacial score (nSPS) is 11.8. The molecule has 0 radical (unpaired) electrons. The van der Waals surface area contributed by atoms with E-state index in [0.717, 1.165) is 11.1 Å². The number of rotatable bonds is 4. The number of ketones is 1. The Morgan fingerprint density at radius 2 is 1.82 bits per heavy atom. The lowest BCUT2D eigenvalue weighted by atomic mass is 10.0. The molecule has 0 spiro atoms. The van der Waals surface area contributed by atoms with Crippen LogP contribution in [0, 0.1) is 13.8 Å². The van der Waals surface area contributed by atoms with Crippen molar-refractivity contribution in [2.75, 3.05) is 0 Å². The molecular weight excluding hydrogens is 346 g/mol. The van der Waals surface area contributed by atoms with E-state index in [1.54, 1.807) is 25.3 Å². The lowest BCUT2D eigenvalue weighted by molar-refractivity contribution is 0.0318. The van der Waals surface area contributed by atoms with Gasteiger partial charge in [-0.3, -0.25) is 9.78 Å². The van der Waals surface area contributed by atoms with E-state index in [1.165, 1.54) is 6.20 Å². The molecule has 1 aromatic heterocycles. The van der Waals surface area contributed by atoms with Crippen molar-refractivity contribution in [3.63, 3.8) is 0 Å². The van der Waals surface area contributed by atoms with Crippen molar-refractivity contribution in [3.05, 3.63) is 63.4 Å². The number of pyridine rings is 1. The van der Waals surface area contributed by atoms with Gasteiger partial charge in [0.25, 0.3) is 0 Å². The molecule has 0 aliphatic heterocycles. The highest BCUT2D eigenvalue weighted by Crippen LogP contribution is 2.15. The molecule has 4 nitrogen and oxygen atoms in total. The van der Waals surface area contributed by atoms with E-state index >= 15 is 0 Å². The van der Waals surface area contributed by atoms with Gasteiger partial charge < -0.3 is 4.74 Å². The first-order valence-electron chi connectivity index (χ1n) is 6.81. The Bertz CT molecular complexity index is 728. The average Bonchev–Trinajstić information content (AvgIpc) is 2.49. The van der Waals surface area contributed by atoms with Crippen LogP contribution < -0.4 is 0 Å². The molecule has 22 heavy (non-hydrogen) atoms. The first kappa shape index (κ1) is 16.4. The molecule has 5 heteroatoms. The summed E-state index contributed by atoms with van der Waals surface area (Å²) in [6, 6.07) is 7.04. The maximum atomic E-state index is 12.3. The number of aryl methyl sites for hydroxylation is 2. The molecule has 1 aromatic carbocycles. The summed E-state index contributed by atoms with van der Waals surface area (Å²) in [6.07, 6.45) is 2.12. The fraction of sp³-hybridized carbons (Fsp3) is 0.235. The van der Waals surface area contributed by atoms with Gasteiger partial charge >= 0.3 is 5.97 Å². The van der Waals surface area contributed by atoms with Crippen molar-refractivity contribution < 1.29 is 14.3 Å². The number of carbonyl (C=O) groups is 2. The largest absolute Gasteiger partial charge is 0.451 e. The molecule has 0 unspecified atom stereocenters. The number of halogens is 1. The first-order valence-corrected chi connectivity index (χ1v) is 7.61. The molecule has 114 valence electrons. The Morgan fingerprint density at radius 1 is 1.09 bits per heavy atom. The van der Waals surface area contributed by atoms with Crippen LogP contribution >= 0.6 is 15.9 Å². The van der Waals surface area contributed by atoms with E-state index in [0.29, 0.717) is 15.6 Å².